The number of hydrogen-bond donors (Lipinski definition) is 0. The summed E-state index contributed by atoms with van der Waals surface area (Å²) < 4.78 is 0. The van der Waals surface area contributed by atoms with Gasteiger partial charge < -0.3 is 4.90 Å². The Balaban J connectivity index is 2.17. The van der Waals surface area contributed by atoms with Crippen LogP contribution in [0.25, 0.3) is 10.8 Å². The Labute approximate surface area is 113 Å². The Hall–Kier alpha value is -1.28. The quantitative estimate of drug-likeness (QED) is 0.774. The molecule has 94 valence electrons. The van der Waals surface area contributed by atoms with Crippen LogP contribution in [-0.2, 0) is 5.88 Å². The predicted molar refractivity (Wildman–Crippen MR) is 77.3 cm³/mol. The molecule has 3 heteroatoms. The Bertz CT molecular complexity index is 563. The van der Waals surface area contributed by atoms with Crippen LogP contribution in [0.4, 0.5) is 5.82 Å². The van der Waals surface area contributed by atoms with Crippen LogP contribution in [0.2, 0.25) is 0 Å². The summed E-state index contributed by atoms with van der Waals surface area (Å²) in [5.41, 5.74) is 1.11. The molecule has 1 aromatic carbocycles. The summed E-state index contributed by atoms with van der Waals surface area (Å²) in [6.45, 7) is 3.21. The Morgan fingerprint density at radius 2 is 2.00 bits per heavy atom. The second-order valence-corrected chi connectivity index (χ2v) is 5.07. The number of hydrogen-bond acceptors (Lipinski definition) is 2. The first-order chi connectivity index (χ1) is 8.85. The van der Waals surface area contributed by atoms with E-state index < -0.39 is 0 Å². The van der Waals surface area contributed by atoms with Crippen molar-refractivity contribution >= 4 is 28.2 Å². The molecule has 0 spiro atoms. The van der Waals surface area contributed by atoms with Gasteiger partial charge in [0.1, 0.15) is 5.82 Å². The van der Waals surface area contributed by atoms with Gasteiger partial charge >= 0.3 is 0 Å². The van der Waals surface area contributed by atoms with Crippen LogP contribution in [0.1, 0.15) is 25.3 Å². The van der Waals surface area contributed by atoms with E-state index in [1.807, 2.05) is 6.20 Å². The minimum Gasteiger partial charge on any atom is -0.353 e. The average Bonchev–Trinajstić information content (AvgIpc) is 3.24. The van der Waals surface area contributed by atoms with Crippen molar-refractivity contribution in [1.29, 1.82) is 0 Å². The van der Waals surface area contributed by atoms with E-state index in [1.54, 1.807) is 0 Å². The molecule has 0 N–H and O–H groups in total. The normalized spacial score (nSPS) is 15.0. The van der Waals surface area contributed by atoms with E-state index in [1.165, 1.54) is 23.6 Å². The fourth-order valence-corrected chi connectivity index (χ4v) is 2.75. The van der Waals surface area contributed by atoms with Crippen molar-refractivity contribution in [2.45, 2.75) is 31.7 Å². The van der Waals surface area contributed by atoms with Crippen LogP contribution in [0.5, 0.6) is 0 Å². The maximum absolute atomic E-state index is 5.99. The molecule has 3 rings (SSSR count). The highest BCUT2D eigenvalue weighted by Crippen LogP contribution is 2.35. The molecule has 2 nitrogen and oxygen atoms in total. The second kappa shape index (κ2) is 4.77. The van der Waals surface area contributed by atoms with Gasteiger partial charge in [-0.15, -0.1) is 11.6 Å². The Morgan fingerprint density at radius 1 is 1.28 bits per heavy atom. The lowest BCUT2D eigenvalue weighted by Gasteiger charge is -2.23. The van der Waals surface area contributed by atoms with E-state index in [0.29, 0.717) is 11.9 Å². The third-order valence-corrected chi connectivity index (χ3v) is 3.89. The summed E-state index contributed by atoms with van der Waals surface area (Å²) >= 11 is 5.99. The first-order valence-corrected chi connectivity index (χ1v) is 7.07. The van der Waals surface area contributed by atoms with Crippen LogP contribution < -0.4 is 4.90 Å². The van der Waals surface area contributed by atoms with Gasteiger partial charge in [-0.25, -0.2) is 4.98 Å². The van der Waals surface area contributed by atoms with E-state index in [0.717, 1.165) is 17.9 Å². The molecular formula is C15H17ClN2. The third-order valence-electron chi connectivity index (χ3n) is 3.60. The zero-order valence-electron chi connectivity index (χ0n) is 10.6. The van der Waals surface area contributed by atoms with Crippen LogP contribution in [0.3, 0.4) is 0 Å². The molecule has 0 saturated heterocycles. The van der Waals surface area contributed by atoms with E-state index in [-0.39, 0.29) is 0 Å². The average molecular weight is 261 g/mol. The first-order valence-electron chi connectivity index (χ1n) is 6.54. The second-order valence-electron chi connectivity index (χ2n) is 4.80. The van der Waals surface area contributed by atoms with Crippen molar-refractivity contribution in [3.05, 3.63) is 36.0 Å². The van der Waals surface area contributed by atoms with Gasteiger partial charge in [-0.05, 0) is 30.7 Å². The summed E-state index contributed by atoms with van der Waals surface area (Å²) in [6, 6.07) is 9.12. The lowest BCUT2D eigenvalue weighted by Crippen LogP contribution is -2.26. The number of rotatable bonds is 4. The highest BCUT2D eigenvalue weighted by atomic mass is 35.5. The van der Waals surface area contributed by atoms with Gasteiger partial charge in [0.05, 0.1) is 0 Å². The fourth-order valence-electron chi connectivity index (χ4n) is 2.54. The smallest absolute Gasteiger partial charge is 0.136 e. The molecule has 1 fully saturated rings. The molecule has 1 heterocycles. The van der Waals surface area contributed by atoms with Crippen LogP contribution >= 0.6 is 11.6 Å². The standard InChI is InChI=1S/C15H17ClN2/c1-2-18(12-7-8-12)15-14-6-4-3-5-13(14)11(9-16)10-17-15/h3-6,10,12H,2,7-9H2,1H3. The molecule has 1 aliphatic rings. The number of halogens is 1. The summed E-state index contributed by atoms with van der Waals surface area (Å²) in [6.07, 6.45) is 4.51. The van der Waals surface area contributed by atoms with Gasteiger partial charge in [0, 0.05) is 30.0 Å². The molecule has 0 unspecified atom stereocenters. The Kier molecular flexibility index (Phi) is 3.13. The molecule has 0 radical (unpaired) electrons. The summed E-state index contributed by atoms with van der Waals surface area (Å²) in [5, 5.41) is 2.46. The summed E-state index contributed by atoms with van der Waals surface area (Å²) in [5.74, 6) is 1.63. The minimum absolute atomic E-state index is 0.517. The SMILES string of the molecule is CCN(c1ncc(CCl)c2ccccc12)C1CC1. The molecule has 1 aromatic heterocycles. The van der Waals surface area contributed by atoms with Crippen molar-refractivity contribution in [3.63, 3.8) is 0 Å². The molecule has 0 amide bonds. The van der Waals surface area contributed by atoms with Crippen molar-refractivity contribution < 1.29 is 0 Å². The maximum atomic E-state index is 5.99. The molecule has 1 aliphatic carbocycles. The topological polar surface area (TPSA) is 16.1 Å². The predicted octanol–water partition coefficient (Wildman–Crippen LogP) is 3.96. The number of benzene rings is 1. The van der Waals surface area contributed by atoms with Crippen molar-refractivity contribution in [1.82, 2.24) is 4.98 Å². The molecule has 0 aliphatic heterocycles. The zero-order valence-corrected chi connectivity index (χ0v) is 11.3. The number of aromatic nitrogens is 1. The number of nitrogens with zero attached hydrogens (tertiary/aromatic N) is 2. The zero-order chi connectivity index (χ0) is 12.5. The lowest BCUT2D eigenvalue weighted by atomic mass is 10.1. The Morgan fingerprint density at radius 3 is 2.61 bits per heavy atom. The maximum Gasteiger partial charge on any atom is 0.136 e. The molecule has 2 aromatic rings. The van der Waals surface area contributed by atoms with Crippen molar-refractivity contribution in [3.8, 4) is 0 Å². The molecule has 18 heavy (non-hydrogen) atoms. The van der Waals surface area contributed by atoms with Crippen LogP contribution in [0, 0.1) is 0 Å². The van der Waals surface area contributed by atoms with Gasteiger partial charge in [0.2, 0.25) is 0 Å². The van der Waals surface area contributed by atoms with Crippen molar-refractivity contribution in [2.75, 3.05) is 11.4 Å². The van der Waals surface area contributed by atoms with E-state index >= 15 is 0 Å². The third kappa shape index (κ3) is 1.95. The van der Waals surface area contributed by atoms with E-state index in [9.17, 15) is 0 Å². The van der Waals surface area contributed by atoms with Gasteiger partial charge in [-0.2, -0.15) is 0 Å². The van der Waals surface area contributed by atoms with Crippen LogP contribution in [0.15, 0.2) is 30.5 Å². The monoisotopic (exact) mass is 260 g/mol. The van der Waals surface area contributed by atoms with E-state index in [2.05, 4.69) is 41.1 Å². The summed E-state index contributed by atoms with van der Waals surface area (Å²) in [7, 11) is 0. The highest BCUT2D eigenvalue weighted by Gasteiger charge is 2.29. The van der Waals surface area contributed by atoms with Gasteiger partial charge in [0.15, 0.2) is 0 Å². The number of alkyl halides is 1. The van der Waals surface area contributed by atoms with Crippen molar-refractivity contribution in [2.24, 2.45) is 0 Å². The number of anilines is 1. The van der Waals surface area contributed by atoms with E-state index in [4.69, 9.17) is 11.6 Å². The molecule has 1 saturated carbocycles. The van der Waals surface area contributed by atoms with Gasteiger partial charge in [0.25, 0.3) is 0 Å². The largest absolute Gasteiger partial charge is 0.353 e. The number of pyridine rings is 1. The molecule has 0 bridgehead atoms. The van der Waals surface area contributed by atoms with Gasteiger partial charge in [-0.1, -0.05) is 24.3 Å². The number of fused-ring (bicyclic) bond motifs is 1. The minimum atomic E-state index is 0.517. The summed E-state index contributed by atoms with van der Waals surface area (Å²) in [4.78, 5) is 7.07. The van der Waals surface area contributed by atoms with Crippen LogP contribution in [-0.4, -0.2) is 17.6 Å². The highest BCUT2D eigenvalue weighted by molar-refractivity contribution is 6.18. The molecule has 0 atom stereocenters. The molecular weight excluding hydrogens is 244 g/mol. The first kappa shape index (κ1) is 11.8. The van der Waals surface area contributed by atoms with Gasteiger partial charge in [-0.3, -0.25) is 0 Å². The fraction of sp³-hybridized carbons (Fsp3) is 0.400. The lowest BCUT2D eigenvalue weighted by molar-refractivity contribution is 0.813.